The van der Waals surface area contributed by atoms with E-state index >= 15 is 0 Å². The van der Waals surface area contributed by atoms with Crippen molar-refractivity contribution < 1.29 is 5.11 Å². The molecule has 5 heteroatoms. The van der Waals surface area contributed by atoms with Crippen LogP contribution in [0.4, 0.5) is 11.6 Å². The monoisotopic (exact) mass is 250 g/mol. The molecule has 100 valence electrons. The lowest BCUT2D eigenvalue weighted by Crippen LogP contribution is -2.42. The Labute approximate surface area is 108 Å². The molecule has 0 aromatic carbocycles. The maximum absolute atomic E-state index is 9.96. The zero-order valence-corrected chi connectivity index (χ0v) is 11.4. The number of aliphatic hydroxyl groups is 1. The van der Waals surface area contributed by atoms with E-state index in [4.69, 9.17) is 0 Å². The van der Waals surface area contributed by atoms with Crippen molar-refractivity contribution in [2.45, 2.75) is 39.2 Å². The highest BCUT2D eigenvalue weighted by molar-refractivity contribution is 5.49. The van der Waals surface area contributed by atoms with E-state index in [9.17, 15) is 5.11 Å². The van der Waals surface area contributed by atoms with Crippen molar-refractivity contribution >= 4 is 11.6 Å². The van der Waals surface area contributed by atoms with E-state index in [1.165, 1.54) is 0 Å². The van der Waals surface area contributed by atoms with Gasteiger partial charge in [0, 0.05) is 25.7 Å². The molecule has 1 saturated heterocycles. The van der Waals surface area contributed by atoms with Gasteiger partial charge in [-0.25, -0.2) is 9.97 Å². The molecule has 0 unspecified atom stereocenters. The summed E-state index contributed by atoms with van der Waals surface area (Å²) in [5.41, 5.74) is -0.525. The first-order valence-corrected chi connectivity index (χ1v) is 6.57. The van der Waals surface area contributed by atoms with Crippen LogP contribution in [0.2, 0.25) is 0 Å². The minimum absolute atomic E-state index is 0.525. The molecule has 0 aliphatic carbocycles. The Balaban J connectivity index is 2.13. The molecule has 18 heavy (non-hydrogen) atoms. The zero-order valence-electron chi connectivity index (χ0n) is 11.4. The first-order chi connectivity index (χ1) is 8.50. The van der Waals surface area contributed by atoms with E-state index in [0.717, 1.165) is 49.9 Å². The second-order valence-electron chi connectivity index (χ2n) is 5.17. The fraction of sp³-hybridized carbons (Fsp3) is 0.692. The number of nitrogens with zero attached hydrogens (tertiary/aromatic N) is 3. The van der Waals surface area contributed by atoms with Crippen molar-refractivity contribution in [3.63, 3.8) is 0 Å². The predicted octanol–water partition coefficient (Wildman–Crippen LogP) is 1.57. The van der Waals surface area contributed by atoms with E-state index < -0.39 is 5.60 Å². The Kier molecular flexibility index (Phi) is 3.71. The summed E-state index contributed by atoms with van der Waals surface area (Å²) < 4.78 is 0. The number of nitrogens with one attached hydrogen (secondary N) is 1. The molecule has 1 aliphatic rings. The molecule has 0 bridgehead atoms. The molecule has 0 saturated carbocycles. The minimum Gasteiger partial charge on any atom is -0.390 e. The largest absolute Gasteiger partial charge is 0.390 e. The topological polar surface area (TPSA) is 61.3 Å². The summed E-state index contributed by atoms with van der Waals surface area (Å²) in [6, 6.07) is 1.98. The van der Waals surface area contributed by atoms with Crippen molar-refractivity contribution in [2.24, 2.45) is 0 Å². The lowest BCUT2D eigenvalue weighted by atomic mass is 9.94. The van der Waals surface area contributed by atoms with Gasteiger partial charge in [0.1, 0.15) is 17.5 Å². The molecule has 0 atom stereocenters. The number of aromatic nitrogens is 2. The van der Waals surface area contributed by atoms with Crippen LogP contribution in [0, 0.1) is 6.92 Å². The summed E-state index contributed by atoms with van der Waals surface area (Å²) >= 11 is 0. The lowest BCUT2D eigenvalue weighted by Gasteiger charge is -2.36. The molecule has 0 spiro atoms. The number of aryl methyl sites for hydroxylation is 1. The number of piperidine rings is 1. The Morgan fingerprint density at radius 1 is 1.39 bits per heavy atom. The van der Waals surface area contributed by atoms with Crippen LogP contribution in [-0.2, 0) is 0 Å². The number of anilines is 2. The van der Waals surface area contributed by atoms with Crippen molar-refractivity contribution in [1.82, 2.24) is 9.97 Å². The van der Waals surface area contributed by atoms with Gasteiger partial charge in [0.15, 0.2) is 0 Å². The van der Waals surface area contributed by atoms with Crippen LogP contribution in [-0.4, -0.2) is 40.3 Å². The van der Waals surface area contributed by atoms with Gasteiger partial charge in [0.2, 0.25) is 0 Å². The Hall–Kier alpha value is -1.36. The first kappa shape index (κ1) is 13.1. The van der Waals surface area contributed by atoms with E-state index in [0.29, 0.717) is 0 Å². The van der Waals surface area contributed by atoms with Gasteiger partial charge in [-0.15, -0.1) is 0 Å². The average molecular weight is 250 g/mol. The number of rotatable bonds is 3. The lowest BCUT2D eigenvalue weighted by molar-refractivity contribution is 0.0350. The molecule has 0 amide bonds. The summed E-state index contributed by atoms with van der Waals surface area (Å²) in [5, 5.41) is 13.2. The summed E-state index contributed by atoms with van der Waals surface area (Å²) in [5.74, 6) is 2.60. The average Bonchev–Trinajstić information content (AvgIpc) is 2.28. The Morgan fingerprint density at radius 2 is 2.06 bits per heavy atom. The van der Waals surface area contributed by atoms with E-state index in [-0.39, 0.29) is 0 Å². The maximum Gasteiger partial charge on any atom is 0.134 e. The van der Waals surface area contributed by atoms with Gasteiger partial charge in [-0.3, -0.25) is 0 Å². The third-order valence-electron chi connectivity index (χ3n) is 3.35. The molecular formula is C13H22N4O. The van der Waals surface area contributed by atoms with E-state index in [1.807, 2.05) is 19.9 Å². The van der Waals surface area contributed by atoms with Crippen molar-refractivity contribution in [1.29, 1.82) is 0 Å². The highest BCUT2D eigenvalue weighted by Gasteiger charge is 2.28. The molecule has 2 N–H and O–H groups in total. The van der Waals surface area contributed by atoms with Crippen LogP contribution in [0.1, 0.15) is 32.5 Å². The molecule has 1 aromatic rings. The van der Waals surface area contributed by atoms with Gasteiger partial charge in [-0.05, 0) is 33.6 Å². The molecule has 1 aliphatic heterocycles. The molecular weight excluding hydrogens is 228 g/mol. The molecule has 1 aromatic heterocycles. The van der Waals surface area contributed by atoms with Gasteiger partial charge in [-0.1, -0.05) is 0 Å². The Morgan fingerprint density at radius 3 is 2.67 bits per heavy atom. The first-order valence-electron chi connectivity index (χ1n) is 6.57. The van der Waals surface area contributed by atoms with Gasteiger partial charge in [0.05, 0.1) is 5.60 Å². The number of hydrogen-bond donors (Lipinski definition) is 2. The minimum atomic E-state index is -0.525. The van der Waals surface area contributed by atoms with Crippen LogP contribution in [0.3, 0.4) is 0 Å². The highest BCUT2D eigenvalue weighted by atomic mass is 16.3. The molecule has 0 radical (unpaired) electrons. The van der Waals surface area contributed by atoms with Crippen molar-refractivity contribution in [3.8, 4) is 0 Å². The second-order valence-corrected chi connectivity index (χ2v) is 5.17. The third-order valence-corrected chi connectivity index (χ3v) is 3.35. The van der Waals surface area contributed by atoms with Gasteiger partial charge < -0.3 is 15.3 Å². The van der Waals surface area contributed by atoms with Gasteiger partial charge >= 0.3 is 0 Å². The molecule has 2 rings (SSSR count). The van der Waals surface area contributed by atoms with Crippen LogP contribution >= 0.6 is 0 Å². The molecule has 1 fully saturated rings. The zero-order chi connectivity index (χ0) is 13.2. The van der Waals surface area contributed by atoms with Crippen LogP contribution in [0.25, 0.3) is 0 Å². The fourth-order valence-corrected chi connectivity index (χ4v) is 2.20. The van der Waals surface area contributed by atoms with Crippen LogP contribution < -0.4 is 10.2 Å². The van der Waals surface area contributed by atoms with Gasteiger partial charge in [-0.2, -0.15) is 0 Å². The second kappa shape index (κ2) is 5.10. The SMILES string of the molecule is CCNc1cc(N2CCC(C)(O)CC2)nc(C)n1. The predicted molar refractivity (Wildman–Crippen MR) is 73.0 cm³/mol. The molecule has 2 heterocycles. The summed E-state index contributed by atoms with van der Waals surface area (Å²) in [7, 11) is 0. The summed E-state index contributed by atoms with van der Waals surface area (Å²) in [6.45, 7) is 8.40. The highest BCUT2D eigenvalue weighted by Crippen LogP contribution is 2.25. The summed E-state index contributed by atoms with van der Waals surface area (Å²) in [4.78, 5) is 11.0. The van der Waals surface area contributed by atoms with Crippen LogP contribution in [0.15, 0.2) is 6.07 Å². The smallest absolute Gasteiger partial charge is 0.134 e. The fourth-order valence-electron chi connectivity index (χ4n) is 2.20. The molecule has 5 nitrogen and oxygen atoms in total. The number of hydrogen-bond acceptors (Lipinski definition) is 5. The standard InChI is InChI=1S/C13H22N4O/c1-4-14-11-9-12(16-10(2)15-11)17-7-5-13(3,18)6-8-17/h9,18H,4-8H2,1-3H3,(H,14,15,16). The van der Waals surface area contributed by atoms with Crippen molar-refractivity contribution in [3.05, 3.63) is 11.9 Å². The van der Waals surface area contributed by atoms with Crippen LogP contribution in [0.5, 0.6) is 0 Å². The Bertz CT molecular complexity index is 409. The summed E-state index contributed by atoms with van der Waals surface area (Å²) in [6.07, 6.45) is 1.57. The van der Waals surface area contributed by atoms with E-state index in [2.05, 4.69) is 27.1 Å². The maximum atomic E-state index is 9.96. The van der Waals surface area contributed by atoms with Crippen molar-refractivity contribution in [2.75, 3.05) is 29.9 Å². The third kappa shape index (κ3) is 3.10. The van der Waals surface area contributed by atoms with Gasteiger partial charge in [0.25, 0.3) is 0 Å². The quantitative estimate of drug-likeness (QED) is 0.852. The van der Waals surface area contributed by atoms with E-state index in [1.54, 1.807) is 0 Å². The normalized spacial score (nSPS) is 18.8.